The van der Waals surface area contributed by atoms with Crippen molar-refractivity contribution in [2.75, 3.05) is 13.2 Å². The van der Waals surface area contributed by atoms with Gasteiger partial charge >= 0.3 is 17.9 Å². The van der Waals surface area contributed by atoms with Crippen molar-refractivity contribution in [1.29, 1.82) is 0 Å². The predicted molar refractivity (Wildman–Crippen MR) is 72.6 cm³/mol. The summed E-state index contributed by atoms with van der Waals surface area (Å²) in [6, 6.07) is 0. The molecule has 0 spiro atoms. The van der Waals surface area contributed by atoms with Gasteiger partial charge in [0.2, 0.25) is 5.78 Å². The summed E-state index contributed by atoms with van der Waals surface area (Å²) in [5.74, 6) is -3.63. The fraction of sp³-hybridized carbons (Fsp3) is 0.714. The summed E-state index contributed by atoms with van der Waals surface area (Å²) in [6.07, 6.45) is 3.60. The fourth-order valence-electron chi connectivity index (χ4n) is 1.47. The first-order valence-corrected chi connectivity index (χ1v) is 7.04. The second-order valence-corrected chi connectivity index (χ2v) is 4.48. The molecular weight excluding hydrogens is 280 g/mol. The minimum absolute atomic E-state index is 0.0365. The molecule has 0 radical (unpaired) electrons. The number of carboxylic acid groups (broad SMARTS) is 1. The molecule has 0 bridgehead atoms. The van der Waals surface area contributed by atoms with Gasteiger partial charge in [0.25, 0.3) is 0 Å². The van der Waals surface area contributed by atoms with Crippen molar-refractivity contribution < 1.29 is 33.8 Å². The maximum atomic E-state index is 11.3. The second kappa shape index (κ2) is 11.9. The summed E-state index contributed by atoms with van der Waals surface area (Å²) in [5, 5.41) is 8.32. The number of ether oxygens (including phenoxy) is 2. The number of carboxylic acids is 1. The molecule has 0 fully saturated rings. The third kappa shape index (κ3) is 11.6. The van der Waals surface area contributed by atoms with Crippen LogP contribution in [-0.2, 0) is 28.7 Å². The van der Waals surface area contributed by atoms with Gasteiger partial charge in [0.15, 0.2) is 0 Å². The number of hydrogen-bond acceptors (Lipinski definition) is 6. The molecule has 0 aliphatic carbocycles. The molecule has 0 atom stereocenters. The zero-order chi connectivity index (χ0) is 16.1. The van der Waals surface area contributed by atoms with Gasteiger partial charge in [-0.1, -0.05) is 26.2 Å². The van der Waals surface area contributed by atoms with Crippen LogP contribution in [0.25, 0.3) is 0 Å². The number of rotatable bonds is 12. The Balaban J connectivity index is 3.53. The molecule has 0 rings (SSSR count). The van der Waals surface area contributed by atoms with Crippen LogP contribution >= 0.6 is 0 Å². The van der Waals surface area contributed by atoms with Gasteiger partial charge in [0, 0.05) is 12.8 Å². The summed E-state index contributed by atoms with van der Waals surface area (Å²) >= 11 is 0. The number of Topliss-reactive ketones (excluding diaryl/α,β-unsaturated/α-hetero) is 1. The van der Waals surface area contributed by atoms with Crippen molar-refractivity contribution >= 4 is 23.7 Å². The van der Waals surface area contributed by atoms with Crippen molar-refractivity contribution in [2.24, 2.45) is 0 Å². The summed E-state index contributed by atoms with van der Waals surface area (Å²) in [6.45, 7) is 1.95. The predicted octanol–water partition coefficient (Wildman–Crippen LogP) is 1.48. The molecule has 0 aromatic heterocycles. The standard InChI is InChI=1S/C14H22O7/c1-2-3-4-5-6-12(16)20-9-10-21-13(17)8-7-11(15)14(18)19/h2-10H2,1H3,(H,18,19). The van der Waals surface area contributed by atoms with Gasteiger partial charge in [-0.25, -0.2) is 4.79 Å². The monoisotopic (exact) mass is 302 g/mol. The summed E-state index contributed by atoms with van der Waals surface area (Å²) < 4.78 is 9.56. The van der Waals surface area contributed by atoms with Crippen LogP contribution in [0.4, 0.5) is 0 Å². The molecule has 120 valence electrons. The number of unbranched alkanes of at least 4 members (excludes halogenated alkanes) is 3. The van der Waals surface area contributed by atoms with Gasteiger partial charge in [-0.2, -0.15) is 0 Å². The largest absolute Gasteiger partial charge is 0.476 e. The Morgan fingerprint density at radius 2 is 1.38 bits per heavy atom. The van der Waals surface area contributed by atoms with Crippen molar-refractivity contribution in [2.45, 2.75) is 51.9 Å². The lowest BCUT2D eigenvalue weighted by Gasteiger charge is -2.06. The van der Waals surface area contributed by atoms with Crippen LogP contribution in [0.5, 0.6) is 0 Å². The van der Waals surface area contributed by atoms with E-state index in [9.17, 15) is 19.2 Å². The summed E-state index contributed by atoms with van der Waals surface area (Å²) in [7, 11) is 0. The molecule has 0 saturated carbocycles. The first kappa shape index (κ1) is 19.1. The smallest absolute Gasteiger partial charge is 0.372 e. The molecule has 7 nitrogen and oxygen atoms in total. The Labute approximate surface area is 123 Å². The molecule has 21 heavy (non-hydrogen) atoms. The highest BCUT2D eigenvalue weighted by Crippen LogP contribution is 2.03. The van der Waals surface area contributed by atoms with Crippen molar-refractivity contribution in [3.8, 4) is 0 Å². The highest BCUT2D eigenvalue weighted by atomic mass is 16.6. The van der Waals surface area contributed by atoms with Crippen molar-refractivity contribution in [3.63, 3.8) is 0 Å². The van der Waals surface area contributed by atoms with E-state index in [0.29, 0.717) is 6.42 Å². The third-order valence-electron chi connectivity index (χ3n) is 2.64. The Morgan fingerprint density at radius 1 is 0.810 bits per heavy atom. The minimum atomic E-state index is -1.57. The maximum absolute atomic E-state index is 11.3. The van der Waals surface area contributed by atoms with E-state index in [4.69, 9.17) is 14.6 Å². The van der Waals surface area contributed by atoms with Gasteiger partial charge in [0.1, 0.15) is 13.2 Å². The van der Waals surface area contributed by atoms with Crippen LogP contribution in [0, 0.1) is 0 Å². The van der Waals surface area contributed by atoms with Crippen LogP contribution in [0.2, 0.25) is 0 Å². The van der Waals surface area contributed by atoms with Crippen LogP contribution in [0.15, 0.2) is 0 Å². The maximum Gasteiger partial charge on any atom is 0.372 e. The quantitative estimate of drug-likeness (QED) is 0.330. The molecule has 0 unspecified atom stereocenters. The van der Waals surface area contributed by atoms with Crippen molar-refractivity contribution in [3.05, 3.63) is 0 Å². The number of hydrogen-bond donors (Lipinski definition) is 1. The molecule has 0 saturated heterocycles. The molecule has 0 aliphatic rings. The van der Waals surface area contributed by atoms with Gasteiger partial charge in [-0.05, 0) is 6.42 Å². The minimum Gasteiger partial charge on any atom is -0.476 e. The van der Waals surface area contributed by atoms with E-state index in [0.717, 1.165) is 25.7 Å². The van der Waals surface area contributed by atoms with Crippen LogP contribution in [-0.4, -0.2) is 42.0 Å². The van der Waals surface area contributed by atoms with Gasteiger partial charge < -0.3 is 14.6 Å². The fourth-order valence-corrected chi connectivity index (χ4v) is 1.47. The van der Waals surface area contributed by atoms with E-state index < -0.39 is 24.1 Å². The average molecular weight is 302 g/mol. The molecule has 7 heteroatoms. The number of carbonyl (C=O) groups is 4. The Morgan fingerprint density at radius 3 is 1.90 bits per heavy atom. The van der Waals surface area contributed by atoms with E-state index in [2.05, 4.69) is 6.92 Å². The lowest BCUT2D eigenvalue weighted by atomic mass is 10.2. The van der Waals surface area contributed by atoms with Gasteiger partial charge in [0.05, 0.1) is 6.42 Å². The highest BCUT2D eigenvalue weighted by Gasteiger charge is 2.14. The molecule has 0 amide bonds. The first-order chi connectivity index (χ1) is 9.97. The topological polar surface area (TPSA) is 107 Å². The second-order valence-electron chi connectivity index (χ2n) is 4.48. The Hall–Kier alpha value is -1.92. The van der Waals surface area contributed by atoms with Crippen LogP contribution < -0.4 is 0 Å². The SMILES string of the molecule is CCCCCCC(=O)OCCOC(=O)CCC(=O)C(=O)O. The zero-order valence-electron chi connectivity index (χ0n) is 12.3. The summed E-state index contributed by atoms with van der Waals surface area (Å²) in [4.78, 5) is 43.4. The first-order valence-electron chi connectivity index (χ1n) is 7.04. The van der Waals surface area contributed by atoms with E-state index in [1.165, 1.54) is 0 Å². The van der Waals surface area contributed by atoms with E-state index in [-0.39, 0.29) is 25.6 Å². The molecule has 0 aromatic carbocycles. The molecule has 0 aromatic rings. The molecular formula is C14H22O7. The number of aliphatic carboxylic acids is 1. The Bertz CT molecular complexity index is 362. The zero-order valence-corrected chi connectivity index (χ0v) is 12.3. The van der Waals surface area contributed by atoms with Crippen LogP contribution in [0.3, 0.4) is 0 Å². The Kier molecular flexibility index (Phi) is 10.8. The van der Waals surface area contributed by atoms with Gasteiger partial charge in [-0.3, -0.25) is 14.4 Å². The summed E-state index contributed by atoms with van der Waals surface area (Å²) in [5.41, 5.74) is 0. The number of esters is 2. The van der Waals surface area contributed by atoms with E-state index in [1.807, 2.05) is 0 Å². The number of ketones is 1. The van der Waals surface area contributed by atoms with E-state index >= 15 is 0 Å². The average Bonchev–Trinajstić information content (AvgIpc) is 2.45. The van der Waals surface area contributed by atoms with Crippen LogP contribution in [0.1, 0.15) is 51.9 Å². The normalized spacial score (nSPS) is 9.95. The number of carbonyl (C=O) groups excluding carboxylic acids is 3. The molecule has 0 aliphatic heterocycles. The lowest BCUT2D eigenvalue weighted by Crippen LogP contribution is -2.17. The lowest BCUT2D eigenvalue weighted by molar-refractivity contribution is -0.154. The highest BCUT2D eigenvalue weighted by molar-refractivity contribution is 6.32. The van der Waals surface area contributed by atoms with Gasteiger partial charge in [-0.15, -0.1) is 0 Å². The van der Waals surface area contributed by atoms with E-state index in [1.54, 1.807) is 0 Å². The molecule has 0 heterocycles. The third-order valence-corrected chi connectivity index (χ3v) is 2.64. The van der Waals surface area contributed by atoms with Crippen molar-refractivity contribution in [1.82, 2.24) is 0 Å². The molecule has 1 N–H and O–H groups in total.